The molecule has 0 bridgehead atoms. The van der Waals surface area contributed by atoms with Crippen molar-refractivity contribution in [3.05, 3.63) is 39.9 Å². The summed E-state index contributed by atoms with van der Waals surface area (Å²) in [6.07, 6.45) is 2.20. The van der Waals surface area contributed by atoms with Gasteiger partial charge in [0.05, 0.1) is 16.3 Å². The molecular weight excluding hydrogens is 310 g/mol. The molecule has 0 heterocycles. The van der Waals surface area contributed by atoms with E-state index < -0.39 is 17.8 Å². The van der Waals surface area contributed by atoms with Crippen molar-refractivity contribution in [1.29, 1.82) is 0 Å². The number of rotatable bonds is 4. The van der Waals surface area contributed by atoms with Gasteiger partial charge < -0.3 is 15.5 Å². The van der Waals surface area contributed by atoms with Gasteiger partial charge in [0, 0.05) is 11.1 Å². The van der Waals surface area contributed by atoms with Gasteiger partial charge >= 0.3 is 11.9 Å². The number of carboxylic acid groups (broad SMARTS) is 2. The molecule has 0 saturated carbocycles. The molecule has 1 aliphatic carbocycles. The molecule has 116 valence electrons. The number of carboxylic acids is 2. The lowest BCUT2D eigenvalue weighted by molar-refractivity contribution is -0.133. The molecule has 0 saturated heterocycles. The number of nitrogens with one attached hydrogen (secondary N) is 1. The zero-order valence-electron chi connectivity index (χ0n) is 11.6. The molecule has 2 rings (SSSR count). The molecule has 22 heavy (non-hydrogen) atoms. The summed E-state index contributed by atoms with van der Waals surface area (Å²) in [5, 5.41) is 20.8. The van der Waals surface area contributed by atoms with Gasteiger partial charge in [0.1, 0.15) is 0 Å². The van der Waals surface area contributed by atoms with E-state index in [-0.39, 0.29) is 27.4 Å². The Morgan fingerprint density at radius 3 is 2.23 bits per heavy atom. The average molecular weight is 324 g/mol. The molecule has 0 aliphatic heterocycles. The van der Waals surface area contributed by atoms with E-state index in [2.05, 4.69) is 5.32 Å². The Morgan fingerprint density at radius 2 is 1.64 bits per heavy atom. The summed E-state index contributed by atoms with van der Waals surface area (Å²) >= 11 is 5.94. The first kappa shape index (κ1) is 16.0. The first-order valence-electron chi connectivity index (χ1n) is 6.69. The van der Waals surface area contributed by atoms with E-state index in [1.165, 1.54) is 18.2 Å². The van der Waals surface area contributed by atoms with E-state index in [1.54, 1.807) is 0 Å². The fourth-order valence-corrected chi connectivity index (χ4v) is 2.51. The number of carbonyl (C=O) groups excluding carboxylic acids is 1. The second kappa shape index (κ2) is 6.62. The molecule has 3 N–H and O–H groups in total. The summed E-state index contributed by atoms with van der Waals surface area (Å²) in [5.74, 6) is -2.80. The van der Waals surface area contributed by atoms with Crippen molar-refractivity contribution in [2.45, 2.75) is 25.7 Å². The summed E-state index contributed by atoms with van der Waals surface area (Å²) in [6.45, 7) is 0. The van der Waals surface area contributed by atoms with Crippen molar-refractivity contribution in [2.24, 2.45) is 0 Å². The van der Waals surface area contributed by atoms with Gasteiger partial charge in [0.2, 0.25) is 0 Å². The predicted octanol–water partition coefficient (Wildman–Crippen LogP) is 2.93. The van der Waals surface area contributed by atoms with Gasteiger partial charge in [-0.2, -0.15) is 0 Å². The van der Waals surface area contributed by atoms with Crippen molar-refractivity contribution in [3.8, 4) is 0 Å². The van der Waals surface area contributed by atoms with Crippen LogP contribution in [0.2, 0.25) is 5.02 Å². The normalized spacial score (nSPS) is 14.6. The van der Waals surface area contributed by atoms with E-state index in [0.29, 0.717) is 12.8 Å². The van der Waals surface area contributed by atoms with Gasteiger partial charge in [-0.3, -0.25) is 4.79 Å². The van der Waals surface area contributed by atoms with Crippen molar-refractivity contribution in [2.75, 3.05) is 5.32 Å². The molecule has 1 aliphatic rings. The molecule has 6 nitrogen and oxygen atoms in total. The number of aromatic carboxylic acids is 1. The highest BCUT2D eigenvalue weighted by Crippen LogP contribution is 2.28. The van der Waals surface area contributed by atoms with Gasteiger partial charge in [-0.1, -0.05) is 11.6 Å². The smallest absolute Gasteiger partial charge is 0.335 e. The second-order valence-corrected chi connectivity index (χ2v) is 5.33. The van der Waals surface area contributed by atoms with Crippen molar-refractivity contribution in [3.63, 3.8) is 0 Å². The Bertz CT molecular complexity index is 681. The lowest BCUT2D eigenvalue weighted by atomic mass is 9.91. The first-order chi connectivity index (χ1) is 10.4. The lowest BCUT2D eigenvalue weighted by Gasteiger charge is -2.17. The summed E-state index contributed by atoms with van der Waals surface area (Å²) < 4.78 is 0. The molecule has 0 radical (unpaired) electrons. The van der Waals surface area contributed by atoms with Crippen molar-refractivity contribution in [1.82, 2.24) is 0 Å². The Hall–Kier alpha value is -2.34. The van der Waals surface area contributed by atoms with Crippen LogP contribution >= 0.6 is 11.6 Å². The topological polar surface area (TPSA) is 104 Å². The van der Waals surface area contributed by atoms with E-state index >= 15 is 0 Å². The third-order valence-corrected chi connectivity index (χ3v) is 3.79. The molecule has 0 aromatic heterocycles. The minimum Gasteiger partial charge on any atom is -0.478 e. The second-order valence-electron chi connectivity index (χ2n) is 4.92. The van der Waals surface area contributed by atoms with Crippen LogP contribution in [0.15, 0.2) is 29.3 Å². The zero-order valence-corrected chi connectivity index (χ0v) is 12.3. The predicted molar refractivity (Wildman–Crippen MR) is 80.2 cm³/mol. The number of carbonyl (C=O) groups is 3. The summed E-state index contributed by atoms with van der Waals surface area (Å²) in [7, 11) is 0. The fraction of sp³-hybridized carbons (Fsp3) is 0.267. The quantitative estimate of drug-likeness (QED) is 0.790. The zero-order chi connectivity index (χ0) is 16.3. The van der Waals surface area contributed by atoms with Crippen LogP contribution in [0.25, 0.3) is 0 Å². The number of aliphatic carboxylic acids is 1. The number of amides is 1. The molecule has 0 fully saturated rings. The van der Waals surface area contributed by atoms with Gasteiger partial charge in [-0.25, -0.2) is 9.59 Å². The highest BCUT2D eigenvalue weighted by molar-refractivity contribution is 6.34. The standard InChI is InChI=1S/C15H14ClNO5/c16-11-6-5-8(14(19)20)7-12(11)17-13(18)9-3-1-2-4-10(9)15(21)22/h5-7H,1-4H2,(H,17,18)(H,19,20)(H,21,22). The molecule has 1 aromatic carbocycles. The number of halogens is 1. The average Bonchev–Trinajstić information content (AvgIpc) is 2.49. The highest BCUT2D eigenvalue weighted by atomic mass is 35.5. The monoisotopic (exact) mass is 323 g/mol. The van der Waals surface area contributed by atoms with Crippen molar-refractivity contribution >= 4 is 35.1 Å². The van der Waals surface area contributed by atoms with Crippen LogP contribution in [0.5, 0.6) is 0 Å². The first-order valence-corrected chi connectivity index (χ1v) is 7.07. The van der Waals surface area contributed by atoms with Crippen LogP contribution in [0.1, 0.15) is 36.0 Å². The number of anilines is 1. The Kier molecular flexibility index (Phi) is 4.82. The summed E-state index contributed by atoms with van der Waals surface area (Å²) in [4.78, 5) is 34.4. The molecule has 0 atom stereocenters. The van der Waals surface area contributed by atoms with E-state index in [9.17, 15) is 14.4 Å². The van der Waals surface area contributed by atoms with Crippen LogP contribution < -0.4 is 5.32 Å². The fourth-order valence-electron chi connectivity index (χ4n) is 2.34. The summed E-state index contributed by atoms with van der Waals surface area (Å²) in [6, 6.07) is 3.93. The van der Waals surface area contributed by atoms with E-state index in [1.807, 2.05) is 0 Å². The summed E-state index contributed by atoms with van der Waals surface area (Å²) in [5.41, 5.74) is 0.454. The van der Waals surface area contributed by atoms with Crippen LogP contribution in [0.4, 0.5) is 5.69 Å². The Balaban J connectivity index is 2.30. The maximum Gasteiger partial charge on any atom is 0.335 e. The number of hydrogen-bond donors (Lipinski definition) is 3. The largest absolute Gasteiger partial charge is 0.478 e. The van der Waals surface area contributed by atoms with Crippen molar-refractivity contribution < 1.29 is 24.6 Å². The van der Waals surface area contributed by atoms with Crippen LogP contribution in [0.3, 0.4) is 0 Å². The Labute approximate surface area is 131 Å². The van der Waals surface area contributed by atoms with Gasteiger partial charge in [0.15, 0.2) is 0 Å². The third kappa shape index (κ3) is 3.46. The van der Waals surface area contributed by atoms with Crippen LogP contribution in [-0.2, 0) is 9.59 Å². The minimum absolute atomic E-state index is 0.0178. The van der Waals surface area contributed by atoms with Gasteiger partial charge in [0.25, 0.3) is 5.91 Å². The number of benzene rings is 1. The maximum absolute atomic E-state index is 12.3. The van der Waals surface area contributed by atoms with Gasteiger partial charge in [-0.05, 0) is 43.9 Å². The molecule has 1 amide bonds. The third-order valence-electron chi connectivity index (χ3n) is 3.46. The van der Waals surface area contributed by atoms with Gasteiger partial charge in [-0.15, -0.1) is 0 Å². The van der Waals surface area contributed by atoms with Crippen LogP contribution in [-0.4, -0.2) is 28.1 Å². The molecule has 1 aromatic rings. The molecule has 0 spiro atoms. The number of hydrogen-bond acceptors (Lipinski definition) is 3. The molecule has 7 heteroatoms. The van der Waals surface area contributed by atoms with Crippen LogP contribution in [0, 0.1) is 0 Å². The molecule has 0 unspecified atom stereocenters. The van der Waals surface area contributed by atoms with E-state index in [4.69, 9.17) is 21.8 Å². The SMILES string of the molecule is O=C(O)C1=C(C(=O)Nc2cc(C(=O)O)ccc2Cl)CCCC1. The van der Waals surface area contributed by atoms with E-state index in [0.717, 1.165) is 12.8 Å². The molecular formula is C15H14ClNO5. The lowest BCUT2D eigenvalue weighted by Crippen LogP contribution is -2.21. The Morgan fingerprint density at radius 1 is 1.00 bits per heavy atom. The highest BCUT2D eigenvalue weighted by Gasteiger charge is 2.24. The minimum atomic E-state index is -1.14. The maximum atomic E-state index is 12.3.